The molecule has 0 aromatic heterocycles. The minimum absolute atomic E-state index is 0.146. The van der Waals surface area contributed by atoms with E-state index >= 15 is 0 Å². The van der Waals surface area contributed by atoms with Gasteiger partial charge in [0.15, 0.2) is 14.4 Å². The Labute approximate surface area is 124 Å². The van der Waals surface area contributed by atoms with E-state index in [1.54, 1.807) is 6.92 Å². The van der Waals surface area contributed by atoms with Crippen LogP contribution in [0, 0.1) is 11.8 Å². The molecule has 5 heteroatoms. The number of oxime groups is 1. The molecular formula is C15H31NO3Si. The minimum Gasteiger partial charge on any atom is -0.416 e. The minimum atomic E-state index is -1.72. The van der Waals surface area contributed by atoms with Gasteiger partial charge in [-0.25, -0.2) is 0 Å². The van der Waals surface area contributed by atoms with Crippen molar-refractivity contribution in [1.82, 2.24) is 0 Å². The van der Waals surface area contributed by atoms with Gasteiger partial charge in [0, 0.05) is 18.4 Å². The van der Waals surface area contributed by atoms with Gasteiger partial charge in [0.05, 0.1) is 11.8 Å². The van der Waals surface area contributed by atoms with Crippen molar-refractivity contribution in [3.63, 3.8) is 0 Å². The van der Waals surface area contributed by atoms with Gasteiger partial charge in [-0.05, 0) is 25.1 Å². The van der Waals surface area contributed by atoms with E-state index in [9.17, 15) is 5.11 Å². The third-order valence-corrected chi connectivity index (χ3v) is 9.22. The first-order valence-corrected chi connectivity index (χ1v) is 10.4. The van der Waals surface area contributed by atoms with Crippen LogP contribution in [0.1, 0.15) is 41.5 Å². The fourth-order valence-electron chi connectivity index (χ4n) is 2.14. The average molecular weight is 302 g/mol. The predicted octanol–water partition coefficient (Wildman–Crippen LogP) is 3.42. The van der Waals surface area contributed by atoms with E-state index in [-0.39, 0.29) is 23.0 Å². The maximum atomic E-state index is 9.67. The Bertz CT molecular complexity index is 361. The van der Waals surface area contributed by atoms with Gasteiger partial charge in [0.2, 0.25) is 0 Å². The first kappa shape index (κ1) is 17.7. The van der Waals surface area contributed by atoms with Gasteiger partial charge in [-0.3, -0.25) is 0 Å². The monoisotopic (exact) mass is 301 g/mol. The fraction of sp³-hybridized carbons (Fsp3) is 0.933. The van der Waals surface area contributed by atoms with Crippen LogP contribution in [0.15, 0.2) is 5.16 Å². The van der Waals surface area contributed by atoms with Crippen LogP contribution < -0.4 is 0 Å². The number of rotatable bonds is 5. The van der Waals surface area contributed by atoms with E-state index in [0.717, 1.165) is 5.71 Å². The molecule has 0 aromatic carbocycles. The van der Waals surface area contributed by atoms with Crippen LogP contribution in [0.5, 0.6) is 0 Å². The zero-order valence-electron chi connectivity index (χ0n) is 14.2. The summed E-state index contributed by atoms with van der Waals surface area (Å²) in [4.78, 5) is 5.35. The van der Waals surface area contributed by atoms with E-state index in [2.05, 4.69) is 52.9 Å². The summed E-state index contributed by atoms with van der Waals surface area (Å²) in [5.41, 5.74) is 1.01. The van der Waals surface area contributed by atoms with Crippen LogP contribution in [-0.2, 0) is 9.26 Å². The summed E-state index contributed by atoms with van der Waals surface area (Å²) in [5, 5.41) is 14.1. The Balaban J connectivity index is 2.59. The fourth-order valence-corrected chi connectivity index (χ4v) is 3.24. The number of aliphatic hydroxyl groups excluding tert-OH is 1. The molecule has 1 N–H and O–H groups in total. The van der Waals surface area contributed by atoms with Crippen molar-refractivity contribution < 1.29 is 14.4 Å². The van der Waals surface area contributed by atoms with E-state index in [1.165, 1.54) is 0 Å². The largest absolute Gasteiger partial charge is 0.416 e. The molecule has 0 radical (unpaired) electrons. The average Bonchev–Trinajstić information content (AvgIpc) is 2.66. The Morgan fingerprint density at radius 1 is 1.35 bits per heavy atom. The third-order valence-electron chi connectivity index (χ3n) is 4.72. The van der Waals surface area contributed by atoms with Crippen LogP contribution >= 0.6 is 0 Å². The summed E-state index contributed by atoms with van der Waals surface area (Å²) in [7, 11) is -1.72. The van der Waals surface area contributed by atoms with Crippen molar-refractivity contribution in [2.45, 2.75) is 71.9 Å². The zero-order chi connectivity index (χ0) is 15.7. The molecule has 4 nitrogen and oxygen atoms in total. The van der Waals surface area contributed by atoms with Gasteiger partial charge >= 0.3 is 0 Å². The lowest BCUT2D eigenvalue weighted by molar-refractivity contribution is -0.0242. The Morgan fingerprint density at radius 2 is 1.90 bits per heavy atom. The van der Waals surface area contributed by atoms with Crippen LogP contribution in [0.3, 0.4) is 0 Å². The molecule has 0 saturated heterocycles. The van der Waals surface area contributed by atoms with Gasteiger partial charge in [-0.15, -0.1) is 0 Å². The molecule has 1 aliphatic rings. The molecular weight excluding hydrogens is 270 g/mol. The standard InChI is InChI=1S/C15H31NO3Si/c1-10(9-18-20(7,8)15(4,5)6)13-11(2)14(12(3)17)19-16-13/h10-12,14,17H,9H2,1-8H3/t10-,11+,12-,14-/m0/s1. The molecule has 0 bridgehead atoms. The second-order valence-electron chi connectivity index (χ2n) is 7.59. The summed E-state index contributed by atoms with van der Waals surface area (Å²) in [6.07, 6.45) is -0.722. The summed E-state index contributed by atoms with van der Waals surface area (Å²) in [5.74, 6) is 0.371. The Hall–Kier alpha value is -0.393. The molecule has 118 valence electrons. The normalized spacial score (nSPS) is 26.9. The van der Waals surface area contributed by atoms with Gasteiger partial charge in [0.25, 0.3) is 0 Å². The second kappa shape index (κ2) is 6.16. The summed E-state index contributed by atoms with van der Waals surface area (Å²) in [6.45, 7) is 17.8. The van der Waals surface area contributed by atoms with Crippen molar-refractivity contribution in [3.05, 3.63) is 0 Å². The quantitative estimate of drug-likeness (QED) is 0.792. The first-order valence-electron chi connectivity index (χ1n) is 7.53. The van der Waals surface area contributed by atoms with E-state index < -0.39 is 14.4 Å². The smallest absolute Gasteiger partial charge is 0.192 e. The van der Waals surface area contributed by atoms with Gasteiger partial charge in [-0.2, -0.15) is 0 Å². The lowest BCUT2D eigenvalue weighted by Gasteiger charge is -2.37. The molecule has 0 amide bonds. The highest BCUT2D eigenvalue weighted by molar-refractivity contribution is 6.74. The second-order valence-corrected chi connectivity index (χ2v) is 12.4. The van der Waals surface area contributed by atoms with Crippen LogP contribution in [0.25, 0.3) is 0 Å². The first-order chi connectivity index (χ1) is 8.97. The highest BCUT2D eigenvalue weighted by Gasteiger charge is 2.40. The number of nitrogens with zero attached hydrogens (tertiary/aromatic N) is 1. The molecule has 1 heterocycles. The molecule has 0 aromatic rings. The van der Waals surface area contributed by atoms with Crippen molar-refractivity contribution in [1.29, 1.82) is 0 Å². The van der Waals surface area contributed by atoms with E-state index in [1.807, 2.05) is 0 Å². The summed E-state index contributed by atoms with van der Waals surface area (Å²) >= 11 is 0. The number of hydrogen-bond acceptors (Lipinski definition) is 4. The van der Waals surface area contributed by atoms with E-state index in [4.69, 9.17) is 9.26 Å². The maximum absolute atomic E-state index is 9.67. The lowest BCUT2D eigenvalue weighted by Crippen LogP contribution is -2.43. The van der Waals surface area contributed by atoms with Crippen molar-refractivity contribution in [2.24, 2.45) is 17.0 Å². The van der Waals surface area contributed by atoms with Gasteiger partial charge in [-0.1, -0.05) is 39.8 Å². The van der Waals surface area contributed by atoms with Crippen LogP contribution in [-0.4, -0.2) is 38.0 Å². The van der Waals surface area contributed by atoms with Crippen LogP contribution in [0.2, 0.25) is 18.1 Å². The molecule has 0 aliphatic carbocycles. The highest BCUT2D eigenvalue weighted by Crippen LogP contribution is 2.37. The SMILES string of the molecule is C[C@H](O)[C@H]1ON=C([C@@H](C)CO[Si](C)(C)C(C)(C)C)[C@H]1C. The molecule has 20 heavy (non-hydrogen) atoms. The van der Waals surface area contributed by atoms with Gasteiger partial charge < -0.3 is 14.4 Å². The molecule has 0 unspecified atom stereocenters. The Morgan fingerprint density at radius 3 is 2.30 bits per heavy atom. The molecule has 0 fully saturated rings. The Kier molecular flexibility index (Phi) is 5.44. The number of aliphatic hydroxyl groups is 1. The summed E-state index contributed by atoms with van der Waals surface area (Å²) < 4.78 is 6.25. The third kappa shape index (κ3) is 3.83. The van der Waals surface area contributed by atoms with Crippen molar-refractivity contribution in [2.75, 3.05) is 6.61 Å². The molecule has 0 spiro atoms. The van der Waals surface area contributed by atoms with Crippen LogP contribution in [0.4, 0.5) is 0 Å². The lowest BCUT2D eigenvalue weighted by atomic mass is 9.89. The molecule has 0 saturated carbocycles. The van der Waals surface area contributed by atoms with Gasteiger partial charge in [0.1, 0.15) is 0 Å². The van der Waals surface area contributed by atoms with Crippen molar-refractivity contribution >= 4 is 14.0 Å². The van der Waals surface area contributed by atoms with Crippen molar-refractivity contribution in [3.8, 4) is 0 Å². The molecule has 1 rings (SSSR count). The zero-order valence-corrected chi connectivity index (χ0v) is 15.2. The maximum Gasteiger partial charge on any atom is 0.192 e. The molecule has 1 aliphatic heterocycles. The summed E-state index contributed by atoms with van der Waals surface area (Å²) in [6, 6.07) is 0. The highest BCUT2D eigenvalue weighted by atomic mass is 28.4. The number of hydrogen-bond donors (Lipinski definition) is 1. The topological polar surface area (TPSA) is 51.0 Å². The predicted molar refractivity (Wildman–Crippen MR) is 85.5 cm³/mol. The van der Waals surface area contributed by atoms with E-state index in [0.29, 0.717) is 6.61 Å². The molecule has 4 atom stereocenters.